The van der Waals surface area contributed by atoms with Gasteiger partial charge in [-0.15, -0.1) is 0 Å². The molecule has 10 heteroatoms. The van der Waals surface area contributed by atoms with E-state index in [0.29, 0.717) is 58.7 Å². The van der Waals surface area contributed by atoms with Gasteiger partial charge in [0.1, 0.15) is 11.4 Å². The molecule has 0 fully saturated rings. The topological polar surface area (TPSA) is 133 Å². The molecular formula is C45H47N3O7. The van der Waals surface area contributed by atoms with E-state index in [2.05, 4.69) is 24.2 Å². The van der Waals surface area contributed by atoms with Crippen molar-refractivity contribution in [2.24, 2.45) is 10.3 Å². The minimum Gasteiger partial charge on any atom is -0.318 e. The van der Waals surface area contributed by atoms with Crippen LogP contribution in [0.25, 0.3) is 27.5 Å². The number of carbonyl (C=O) groups is 5. The summed E-state index contributed by atoms with van der Waals surface area (Å²) in [6.45, 7) is 6.67. The monoisotopic (exact) mass is 741 g/mol. The zero-order valence-electron chi connectivity index (χ0n) is 31.9. The molecule has 0 saturated carbocycles. The number of hydrogen-bond acceptors (Lipinski definition) is 9. The summed E-state index contributed by atoms with van der Waals surface area (Å²) in [6, 6.07) is 27.0. The third-order valence-corrected chi connectivity index (χ3v) is 9.34. The molecule has 0 spiro atoms. The molecule has 5 aromatic rings. The lowest BCUT2D eigenvalue weighted by Gasteiger charge is -2.10. The van der Waals surface area contributed by atoms with Crippen LogP contribution >= 0.6 is 0 Å². The molecule has 0 radical (unpaired) electrons. The summed E-state index contributed by atoms with van der Waals surface area (Å²) < 4.78 is 2.02. The van der Waals surface area contributed by atoms with Crippen molar-refractivity contribution in [3.8, 4) is 5.69 Å². The lowest BCUT2D eigenvalue weighted by atomic mass is 9.98. The highest BCUT2D eigenvalue weighted by atomic mass is 16.7. The maximum absolute atomic E-state index is 14.0. The number of unbranched alkanes of at least 4 members (excludes halogenated alkanes) is 6. The van der Waals surface area contributed by atoms with Gasteiger partial charge in [-0.05, 0) is 86.3 Å². The van der Waals surface area contributed by atoms with Crippen LogP contribution in [-0.2, 0) is 19.3 Å². The molecule has 10 nitrogen and oxygen atoms in total. The molecule has 55 heavy (non-hydrogen) atoms. The molecule has 1 heterocycles. The third-order valence-electron chi connectivity index (χ3n) is 9.34. The molecule has 0 atom stereocenters. The molecule has 0 saturated heterocycles. The van der Waals surface area contributed by atoms with E-state index < -0.39 is 11.9 Å². The Morgan fingerprint density at radius 3 is 1.40 bits per heavy atom. The molecule has 0 amide bonds. The van der Waals surface area contributed by atoms with Gasteiger partial charge in [0.05, 0.1) is 11.0 Å². The summed E-state index contributed by atoms with van der Waals surface area (Å²) in [4.78, 5) is 74.3. The fourth-order valence-electron chi connectivity index (χ4n) is 6.51. The van der Waals surface area contributed by atoms with E-state index >= 15 is 0 Å². The number of oxime groups is 2. The SMILES string of the molecule is CCCCCCC(=NOC(C)=O)C(=O)c1ccc2c(c1)c1cc(C(=O)C(CCCCCC)=NOC(C)=O)ccc1n2-c1ccc(C(=O)c2ccccc2)cc1. The van der Waals surface area contributed by atoms with Crippen molar-refractivity contribution in [3.05, 3.63) is 113 Å². The van der Waals surface area contributed by atoms with Crippen molar-refractivity contribution in [1.82, 2.24) is 4.57 Å². The summed E-state index contributed by atoms with van der Waals surface area (Å²) >= 11 is 0. The maximum atomic E-state index is 14.0. The van der Waals surface area contributed by atoms with E-state index in [0.717, 1.165) is 55.2 Å². The Balaban J connectivity index is 1.62. The van der Waals surface area contributed by atoms with Gasteiger partial charge in [-0.1, -0.05) is 93.0 Å². The molecule has 0 aliphatic heterocycles. The van der Waals surface area contributed by atoms with E-state index in [1.54, 1.807) is 48.5 Å². The molecule has 0 N–H and O–H groups in total. The Kier molecular flexibility index (Phi) is 14.1. The molecule has 0 bridgehead atoms. The van der Waals surface area contributed by atoms with Crippen LogP contribution in [0.1, 0.15) is 129 Å². The lowest BCUT2D eigenvalue weighted by Crippen LogP contribution is -2.16. The molecular weight excluding hydrogens is 695 g/mol. The molecule has 0 aliphatic carbocycles. The molecule has 0 unspecified atom stereocenters. The second-order valence-electron chi connectivity index (χ2n) is 13.6. The van der Waals surface area contributed by atoms with Crippen LogP contribution in [0.5, 0.6) is 0 Å². The average molecular weight is 742 g/mol. The number of ketones is 3. The van der Waals surface area contributed by atoms with E-state index in [9.17, 15) is 24.0 Å². The number of nitrogens with zero attached hydrogens (tertiary/aromatic N) is 3. The zero-order valence-corrected chi connectivity index (χ0v) is 31.9. The van der Waals surface area contributed by atoms with Gasteiger partial charge < -0.3 is 14.2 Å². The van der Waals surface area contributed by atoms with Crippen LogP contribution in [0.15, 0.2) is 101 Å². The Bertz CT molecular complexity index is 2140. The predicted molar refractivity (Wildman–Crippen MR) is 215 cm³/mol. The molecule has 5 rings (SSSR count). The van der Waals surface area contributed by atoms with Crippen LogP contribution in [0.2, 0.25) is 0 Å². The van der Waals surface area contributed by atoms with Crippen molar-refractivity contribution in [2.75, 3.05) is 0 Å². The second-order valence-corrected chi connectivity index (χ2v) is 13.6. The Morgan fingerprint density at radius 1 is 0.527 bits per heavy atom. The number of rotatable bonds is 19. The molecule has 4 aromatic carbocycles. The summed E-state index contributed by atoms with van der Waals surface area (Å²) in [5, 5.41) is 9.29. The first kappa shape index (κ1) is 40.2. The van der Waals surface area contributed by atoms with Gasteiger partial charge in [-0.2, -0.15) is 0 Å². The largest absolute Gasteiger partial charge is 0.331 e. The van der Waals surface area contributed by atoms with Crippen molar-refractivity contribution < 1.29 is 33.6 Å². The molecule has 0 aliphatic rings. The van der Waals surface area contributed by atoms with Gasteiger partial charge in [0.2, 0.25) is 11.6 Å². The van der Waals surface area contributed by atoms with E-state index in [1.165, 1.54) is 13.8 Å². The van der Waals surface area contributed by atoms with Crippen molar-refractivity contribution in [1.29, 1.82) is 0 Å². The van der Waals surface area contributed by atoms with E-state index in [1.807, 2.05) is 47.0 Å². The van der Waals surface area contributed by atoms with Crippen LogP contribution in [0.3, 0.4) is 0 Å². The number of fused-ring (bicyclic) bond motifs is 3. The predicted octanol–water partition coefficient (Wildman–Crippen LogP) is 10.2. The van der Waals surface area contributed by atoms with Gasteiger partial charge >= 0.3 is 11.9 Å². The van der Waals surface area contributed by atoms with Crippen LogP contribution < -0.4 is 0 Å². The van der Waals surface area contributed by atoms with Gasteiger partial charge in [0.25, 0.3) is 0 Å². The quantitative estimate of drug-likeness (QED) is 0.0270. The first-order valence-corrected chi connectivity index (χ1v) is 19.0. The number of carbonyl (C=O) groups excluding carboxylic acids is 5. The van der Waals surface area contributed by atoms with Gasteiger partial charge in [-0.25, -0.2) is 9.59 Å². The second kappa shape index (κ2) is 19.3. The molecule has 284 valence electrons. The first-order chi connectivity index (χ1) is 26.6. The van der Waals surface area contributed by atoms with Crippen LogP contribution in [-0.4, -0.2) is 45.3 Å². The summed E-state index contributed by atoms with van der Waals surface area (Å²) in [7, 11) is 0. The first-order valence-electron chi connectivity index (χ1n) is 19.0. The highest BCUT2D eigenvalue weighted by Crippen LogP contribution is 2.34. The normalized spacial score (nSPS) is 11.9. The van der Waals surface area contributed by atoms with Gasteiger partial charge in [0.15, 0.2) is 5.78 Å². The Labute approximate surface area is 321 Å². The fourth-order valence-corrected chi connectivity index (χ4v) is 6.51. The number of Topliss-reactive ketones (excluding diaryl/α,β-unsaturated/α-hetero) is 2. The van der Waals surface area contributed by atoms with Crippen molar-refractivity contribution >= 4 is 62.5 Å². The minimum absolute atomic E-state index is 0.0949. The summed E-state index contributed by atoms with van der Waals surface area (Å²) in [5.74, 6) is -2.05. The number of benzene rings is 4. The lowest BCUT2D eigenvalue weighted by molar-refractivity contribution is -0.141. The Morgan fingerprint density at radius 2 is 0.964 bits per heavy atom. The highest BCUT2D eigenvalue weighted by Gasteiger charge is 2.22. The number of hydrogen-bond donors (Lipinski definition) is 0. The average Bonchev–Trinajstić information content (AvgIpc) is 3.52. The minimum atomic E-state index is -0.618. The van der Waals surface area contributed by atoms with Gasteiger partial charge in [0, 0.05) is 52.6 Å². The van der Waals surface area contributed by atoms with Crippen molar-refractivity contribution in [2.45, 2.75) is 91.9 Å². The van der Waals surface area contributed by atoms with E-state index in [-0.39, 0.29) is 28.8 Å². The standard InChI is InChI=1S/C45H47N3O7/c1-5-7-9-14-18-39(46-54-30(3)49)44(52)34-22-26-41-37(28-34)38-29-35(45(53)40(47-55-31(4)50)19-15-10-8-6-2)23-27-42(38)48(41)36-24-20-33(21-25-36)43(51)32-16-12-11-13-17-32/h11-13,16-17,20-29H,5-10,14-15,18-19H2,1-4H3. The summed E-state index contributed by atoms with van der Waals surface area (Å²) in [5.41, 5.74) is 4.41. The third kappa shape index (κ3) is 10.1. The van der Waals surface area contributed by atoms with Gasteiger partial charge in [-0.3, -0.25) is 14.4 Å². The van der Waals surface area contributed by atoms with E-state index in [4.69, 9.17) is 9.68 Å². The Hall–Kier alpha value is -6.03. The smallest absolute Gasteiger partial charge is 0.318 e. The van der Waals surface area contributed by atoms with Crippen molar-refractivity contribution in [3.63, 3.8) is 0 Å². The highest BCUT2D eigenvalue weighted by molar-refractivity contribution is 6.47. The fraction of sp³-hybridized carbons (Fsp3) is 0.311. The number of aromatic nitrogens is 1. The zero-order chi connectivity index (χ0) is 39.3. The van der Waals surface area contributed by atoms with Crippen LogP contribution in [0.4, 0.5) is 0 Å². The van der Waals surface area contributed by atoms with Crippen LogP contribution in [0, 0.1) is 0 Å². The maximum Gasteiger partial charge on any atom is 0.331 e. The molecule has 1 aromatic heterocycles. The summed E-state index contributed by atoms with van der Waals surface area (Å²) in [6.07, 6.45) is 8.00.